The van der Waals surface area contributed by atoms with Crippen molar-refractivity contribution in [2.24, 2.45) is 0 Å². The third-order valence-electron chi connectivity index (χ3n) is 4.66. The minimum absolute atomic E-state index is 0.121. The summed E-state index contributed by atoms with van der Waals surface area (Å²) in [6, 6.07) is 10.4. The first kappa shape index (κ1) is 17.2. The number of aryl methyl sites for hydroxylation is 1. The van der Waals surface area contributed by atoms with Gasteiger partial charge in [0.1, 0.15) is 11.6 Å². The summed E-state index contributed by atoms with van der Waals surface area (Å²) in [4.78, 5) is 18.3. The maximum absolute atomic E-state index is 11.1. The highest BCUT2D eigenvalue weighted by molar-refractivity contribution is 7.27. The zero-order valence-corrected chi connectivity index (χ0v) is 16.9. The molecule has 3 heterocycles. The zero-order chi connectivity index (χ0) is 18.6. The van der Waals surface area contributed by atoms with Crippen molar-refractivity contribution in [1.29, 1.82) is 5.26 Å². The fraction of sp³-hybridized carbons (Fsp3) is 0.200. The molecule has 0 aliphatic heterocycles. The molecule has 130 valence electrons. The standard InChI is InChI=1S/C20H15NO2S3/c1-10-4-5-15(24-10)16-8-14-18(26-16)17-13(20(14,2)3)7-12(25-17)6-11(9-21)19(22)23/h4-8H,1-3H3,(H,22,23)/b11-6+. The Hall–Kier alpha value is -2.20. The highest BCUT2D eigenvalue weighted by Crippen LogP contribution is 2.57. The lowest BCUT2D eigenvalue weighted by Crippen LogP contribution is -2.13. The summed E-state index contributed by atoms with van der Waals surface area (Å²) in [5.74, 6) is -1.19. The first-order valence-corrected chi connectivity index (χ1v) is 10.5. The molecule has 0 spiro atoms. The number of fused-ring (bicyclic) bond motifs is 3. The number of nitrogens with zero attached hydrogens (tertiary/aromatic N) is 1. The van der Waals surface area contributed by atoms with E-state index in [9.17, 15) is 4.79 Å². The average molecular weight is 398 g/mol. The second-order valence-electron chi connectivity index (χ2n) is 6.76. The van der Waals surface area contributed by atoms with E-state index in [0.29, 0.717) is 0 Å². The van der Waals surface area contributed by atoms with Crippen LogP contribution in [0.4, 0.5) is 0 Å². The summed E-state index contributed by atoms with van der Waals surface area (Å²) in [7, 11) is 0. The Kier molecular flexibility index (Phi) is 3.92. The fourth-order valence-corrected chi connectivity index (χ4v) is 6.94. The lowest BCUT2D eigenvalue weighted by Gasteiger charge is -2.19. The van der Waals surface area contributed by atoms with Gasteiger partial charge in [-0.1, -0.05) is 13.8 Å². The van der Waals surface area contributed by atoms with Crippen LogP contribution >= 0.6 is 34.0 Å². The molecule has 0 bridgehead atoms. The monoisotopic (exact) mass is 397 g/mol. The van der Waals surface area contributed by atoms with E-state index in [4.69, 9.17) is 10.4 Å². The van der Waals surface area contributed by atoms with Crippen LogP contribution in [0.5, 0.6) is 0 Å². The lowest BCUT2D eigenvalue weighted by molar-refractivity contribution is -0.132. The Bertz CT molecular complexity index is 1120. The van der Waals surface area contributed by atoms with Gasteiger partial charge in [0.15, 0.2) is 0 Å². The minimum Gasteiger partial charge on any atom is -0.477 e. The topological polar surface area (TPSA) is 61.1 Å². The molecular weight excluding hydrogens is 382 g/mol. The van der Waals surface area contributed by atoms with Crippen molar-refractivity contribution in [2.45, 2.75) is 26.2 Å². The van der Waals surface area contributed by atoms with Gasteiger partial charge >= 0.3 is 5.97 Å². The summed E-state index contributed by atoms with van der Waals surface area (Å²) in [6.45, 7) is 6.53. The highest BCUT2D eigenvalue weighted by Gasteiger charge is 2.39. The summed E-state index contributed by atoms with van der Waals surface area (Å²) in [5, 5.41) is 18.1. The molecule has 0 unspecified atom stereocenters. The first-order chi connectivity index (χ1) is 12.3. The van der Waals surface area contributed by atoms with Gasteiger partial charge in [0.2, 0.25) is 0 Å². The number of nitriles is 1. The molecule has 1 N–H and O–H groups in total. The maximum atomic E-state index is 11.1. The van der Waals surface area contributed by atoms with Crippen LogP contribution in [0.3, 0.4) is 0 Å². The molecule has 0 radical (unpaired) electrons. The normalized spacial score (nSPS) is 14.8. The third-order valence-corrected chi connectivity index (χ3v) is 8.23. The Balaban J connectivity index is 1.83. The molecule has 1 aliphatic carbocycles. The Morgan fingerprint density at radius 2 is 1.81 bits per heavy atom. The zero-order valence-electron chi connectivity index (χ0n) is 14.4. The van der Waals surface area contributed by atoms with Gasteiger partial charge in [-0.2, -0.15) is 5.26 Å². The molecular formula is C20H15NO2S3. The molecule has 0 saturated heterocycles. The molecule has 26 heavy (non-hydrogen) atoms. The molecule has 0 fully saturated rings. The van der Waals surface area contributed by atoms with E-state index in [0.717, 1.165) is 4.88 Å². The van der Waals surface area contributed by atoms with Crippen molar-refractivity contribution >= 4 is 46.1 Å². The first-order valence-electron chi connectivity index (χ1n) is 8.02. The Labute approximate surface area is 163 Å². The number of carbonyl (C=O) groups is 1. The molecule has 3 aromatic heterocycles. The Morgan fingerprint density at radius 3 is 2.42 bits per heavy atom. The van der Waals surface area contributed by atoms with Gasteiger partial charge in [-0.05, 0) is 48.4 Å². The van der Waals surface area contributed by atoms with Gasteiger partial charge in [-0.25, -0.2) is 4.79 Å². The summed E-state index contributed by atoms with van der Waals surface area (Å²) in [5.41, 5.74) is 2.19. The van der Waals surface area contributed by atoms with Gasteiger partial charge < -0.3 is 5.11 Å². The number of carboxylic acids is 1. The van der Waals surface area contributed by atoms with Crippen LogP contribution in [0.1, 0.15) is 34.7 Å². The number of rotatable bonds is 3. The predicted molar refractivity (Wildman–Crippen MR) is 109 cm³/mol. The van der Waals surface area contributed by atoms with Gasteiger partial charge in [0.05, 0.1) is 0 Å². The van der Waals surface area contributed by atoms with Crippen LogP contribution in [0, 0.1) is 18.3 Å². The molecule has 3 aromatic rings. The van der Waals surface area contributed by atoms with Crippen LogP contribution in [-0.4, -0.2) is 11.1 Å². The molecule has 3 nitrogen and oxygen atoms in total. The van der Waals surface area contributed by atoms with Crippen LogP contribution in [-0.2, 0) is 10.2 Å². The smallest absolute Gasteiger partial charge is 0.346 e. The van der Waals surface area contributed by atoms with E-state index in [1.54, 1.807) is 40.1 Å². The number of hydrogen-bond acceptors (Lipinski definition) is 5. The highest BCUT2D eigenvalue weighted by atomic mass is 32.1. The average Bonchev–Trinajstić information content (AvgIpc) is 3.30. The molecule has 6 heteroatoms. The molecule has 0 atom stereocenters. The van der Waals surface area contributed by atoms with Crippen molar-refractivity contribution in [3.8, 4) is 25.6 Å². The van der Waals surface area contributed by atoms with Crippen molar-refractivity contribution in [2.75, 3.05) is 0 Å². The number of aliphatic carboxylic acids is 1. The van der Waals surface area contributed by atoms with Crippen molar-refractivity contribution in [3.63, 3.8) is 0 Å². The second-order valence-corrected chi connectivity index (χ2v) is 10.2. The summed E-state index contributed by atoms with van der Waals surface area (Å²) in [6.07, 6.45) is 1.47. The summed E-state index contributed by atoms with van der Waals surface area (Å²) < 4.78 is 0. The van der Waals surface area contributed by atoms with E-state index in [-0.39, 0.29) is 11.0 Å². The van der Waals surface area contributed by atoms with Gasteiger partial charge in [0, 0.05) is 34.7 Å². The van der Waals surface area contributed by atoms with E-state index in [1.807, 2.05) is 6.07 Å². The Morgan fingerprint density at radius 1 is 1.12 bits per heavy atom. The molecule has 4 rings (SSSR count). The van der Waals surface area contributed by atoms with E-state index in [1.165, 1.54) is 41.6 Å². The summed E-state index contributed by atoms with van der Waals surface area (Å²) >= 11 is 5.16. The fourth-order valence-electron chi connectivity index (χ4n) is 3.26. The van der Waals surface area contributed by atoms with Crippen LogP contribution in [0.15, 0.2) is 29.8 Å². The number of thiophene rings is 3. The van der Waals surface area contributed by atoms with Crippen LogP contribution in [0.25, 0.3) is 25.6 Å². The van der Waals surface area contributed by atoms with Crippen molar-refractivity contribution in [3.05, 3.63) is 50.7 Å². The SMILES string of the molecule is Cc1ccc(-c2cc3c(s2)-c2sc(/C=C(\C#N)C(=O)O)cc2C3(C)C)s1. The lowest BCUT2D eigenvalue weighted by atomic mass is 9.84. The van der Waals surface area contributed by atoms with Gasteiger partial charge in [-0.3, -0.25) is 0 Å². The van der Waals surface area contributed by atoms with Crippen molar-refractivity contribution in [1.82, 2.24) is 0 Å². The van der Waals surface area contributed by atoms with Gasteiger partial charge in [-0.15, -0.1) is 34.0 Å². The second kappa shape index (κ2) is 5.92. The molecule has 0 saturated carbocycles. The van der Waals surface area contributed by atoms with Crippen molar-refractivity contribution < 1.29 is 9.90 Å². The number of hydrogen-bond donors (Lipinski definition) is 1. The molecule has 1 aliphatic rings. The molecule has 0 aromatic carbocycles. The quantitative estimate of drug-likeness (QED) is 0.426. The molecule has 0 amide bonds. The minimum atomic E-state index is -1.19. The van der Waals surface area contributed by atoms with Gasteiger partial charge in [0.25, 0.3) is 0 Å². The van der Waals surface area contributed by atoms with Crippen LogP contribution in [0.2, 0.25) is 0 Å². The third kappa shape index (κ3) is 2.55. The van der Waals surface area contributed by atoms with E-state index >= 15 is 0 Å². The maximum Gasteiger partial charge on any atom is 0.346 e. The van der Waals surface area contributed by atoms with E-state index < -0.39 is 5.97 Å². The predicted octanol–water partition coefficient (Wildman–Crippen LogP) is 6.14. The van der Waals surface area contributed by atoms with E-state index in [2.05, 4.69) is 39.0 Å². The number of carboxylic acid groups (broad SMARTS) is 1. The largest absolute Gasteiger partial charge is 0.477 e. The van der Waals surface area contributed by atoms with Crippen LogP contribution < -0.4 is 0 Å².